The van der Waals surface area contributed by atoms with Crippen molar-refractivity contribution >= 4 is 22.4 Å². The van der Waals surface area contributed by atoms with E-state index in [1.165, 1.54) is 11.3 Å². The summed E-state index contributed by atoms with van der Waals surface area (Å²) in [6, 6.07) is 0.306. The van der Waals surface area contributed by atoms with Crippen LogP contribution in [-0.4, -0.2) is 28.7 Å². The fourth-order valence-electron chi connectivity index (χ4n) is 0.688. The molecule has 1 aromatic heterocycles. The van der Waals surface area contributed by atoms with E-state index in [1.807, 2.05) is 13.8 Å². The summed E-state index contributed by atoms with van der Waals surface area (Å²) in [4.78, 5) is 11.2. The Labute approximate surface area is 80.6 Å². The number of nitrogens with zero attached hydrogens (tertiary/aromatic N) is 2. The number of amides is 1. The Hall–Kier alpha value is -1.01. The van der Waals surface area contributed by atoms with Gasteiger partial charge in [-0.05, 0) is 0 Å². The van der Waals surface area contributed by atoms with Gasteiger partial charge in [0, 0.05) is 6.04 Å². The average Bonchev–Trinajstić information content (AvgIpc) is 2.53. The van der Waals surface area contributed by atoms with Gasteiger partial charge in [0.25, 0.3) is 0 Å². The van der Waals surface area contributed by atoms with Gasteiger partial charge in [0.2, 0.25) is 11.0 Å². The van der Waals surface area contributed by atoms with Gasteiger partial charge in [0.15, 0.2) is 0 Å². The van der Waals surface area contributed by atoms with E-state index in [0.29, 0.717) is 17.7 Å². The van der Waals surface area contributed by atoms with Crippen LogP contribution in [0.1, 0.15) is 13.8 Å². The van der Waals surface area contributed by atoms with E-state index in [4.69, 9.17) is 0 Å². The quantitative estimate of drug-likeness (QED) is 0.741. The summed E-state index contributed by atoms with van der Waals surface area (Å²) in [5, 5.41) is 13.5. The summed E-state index contributed by atoms with van der Waals surface area (Å²) >= 11 is 1.30. The van der Waals surface area contributed by atoms with E-state index in [1.54, 1.807) is 5.51 Å². The third kappa shape index (κ3) is 3.95. The van der Waals surface area contributed by atoms with Crippen LogP contribution in [0.5, 0.6) is 0 Å². The van der Waals surface area contributed by atoms with Crippen LogP contribution < -0.4 is 10.6 Å². The molecule has 0 aromatic carbocycles. The first kappa shape index (κ1) is 10.1. The van der Waals surface area contributed by atoms with Crippen LogP contribution in [-0.2, 0) is 4.79 Å². The highest BCUT2D eigenvalue weighted by Gasteiger charge is 2.04. The maximum absolute atomic E-state index is 11.2. The van der Waals surface area contributed by atoms with Crippen LogP contribution in [0.4, 0.5) is 5.13 Å². The molecule has 0 spiro atoms. The number of aromatic nitrogens is 2. The fourth-order valence-corrected chi connectivity index (χ4v) is 1.15. The molecule has 0 aliphatic rings. The van der Waals surface area contributed by atoms with E-state index in [9.17, 15) is 4.79 Å². The molecule has 0 saturated heterocycles. The van der Waals surface area contributed by atoms with Crippen molar-refractivity contribution in [2.45, 2.75) is 19.9 Å². The van der Waals surface area contributed by atoms with E-state index in [-0.39, 0.29) is 5.91 Å². The lowest BCUT2D eigenvalue weighted by Gasteiger charge is -2.06. The third-order valence-corrected chi connectivity index (χ3v) is 1.88. The second-order valence-corrected chi connectivity index (χ2v) is 3.66. The summed E-state index contributed by atoms with van der Waals surface area (Å²) in [5.74, 6) is -0.0922. The molecule has 0 fully saturated rings. The van der Waals surface area contributed by atoms with Gasteiger partial charge in [-0.3, -0.25) is 10.1 Å². The monoisotopic (exact) mass is 200 g/mol. The maximum atomic E-state index is 11.2. The van der Waals surface area contributed by atoms with Gasteiger partial charge in [0.1, 0.15) is 5.51 Å². The van der Waals surface area contributed by atoms with Crippen molar-refractivity contribution in [2.24, 2.45) is 0 Å². The normalized spacial score (nSPS) is 10.4. The summed E-state index contributed by atoms with van der Waals surface area (Å²) in [5.41, 5.74) is 1.57. The van der Waals surface area contributed by atoms with Gasteiger partial charge in [-0.25, -0.2) is 0 Å². The topological polar surface area (TPSA) is 66.9 Å². The van der Waals surface area contributed by atoms with Gasteiger partial charge in [-0.15, -0.1) is 10.2 Å². The molecule has 6 heteroatoms. The summed E-state index contributed by atoms with van der Waals surface area (Å²) in [6.07, 6.45) is 0. The largest absolute Gasteiger partial charge is 0.306 e. The van der Waals surface area contributed by atoms with Crippen molar-refractivity contribution < 1.29 is 4.79 Å². The van der Waals surface area contributed by atoms with Crippen LogP contribution in [0, 0.1) is 0 Å². The lowest BCUT2D eigenvalue weighted by Crippen LogP contribution is -2.32. The Morgan fingerprint density at radius 1 is 1.69 bits per heavy atom. The number of nitrogens with one attached hydrogen (secondary N) is 2. The minimum atomic E-state index is -0.0922. The predicted octanol–water partition coefficient (Wildman–Crippen LogP) is 0.475. The minimum Gasteiger partial charge on any atom is -0.306 e. The summed E-state index contributed by atoms with van der Waals surface area (Å²) < 4.78 is 0. The van der Waals surface area contributed by atoms with Gasteiger partial charge < -0.3 is 5.32 Å². The zero-order valence-corrected chi connectivity index (χ0v) is 8.39. The minimum absolute atomic E-state index is 0.0922. The number of hydrogen-bond acceptors (Lipinski definition) is 5. The van der Waals surface area contributed by atoms with Crippen LogP contribution in [0.25, 0.3) is 0 Å². The van der Waals surface area contributed by atoms with Gasteiger partial charge in [0.05, 0.1) is 6.54 Å². The van der Waals surface area contributed by atoms with Gasteiger partial charge in [-0.2, -0.15) is 0 Å². The zero-order valence-electron chi connectivity index (χ0n) is 7.57. The molecule has 0 unspecified atom stereocenters. The maximum Gasteiger partial charge on any atom is 0.240 e. The van der Waals surface area contributed by atoms with E-state index < -0.39 is 0 Å². The standard InChI is InChI=1S/C7H12N4OS/c1-5(2)8-3-6(12)10-7-11-9-4-13-7/h4-5,8H,3H2,1-2H3,(H,10,11,12). The smallest absolute Gasteiger partial charge is 0.240 e. The molecule has 72 valence electrons. The Bertz CT molecular complexity index is 259. The van der Waals surface area contributed by atoms with E-state index in [0.717, 1.165) is 0 Å². The number of hydrogen-bond donors (Lipinski definition) is 2. The number of carbonyl (C=O) groups excluding carboxylic acids is 1. The number of anilines is 1. The molecule has 0 aliphatic carbocycles. The van der Waals surface area contributed by atoms with Crippen molar-refractivity contribution in [3.63, 3.8) is 0 Å². The highest BCUT2D eigenvalue weighted by molar-refractivity contribution is 7.13. The van der Waals surface area contributed by atoms with Gasteiger partial charge >= 0.3 is 0 Å². The molecule has 0 atom stereocenters. The molecule has 2 N–H and O–H groups in total. The van der Waals surface area contributed by atoms with Crippen molar-refractivity contribution in [2.75, 3.05) is 11.9 Å². The molecule has 0 aliphatic heterocycles. The Morgan fingerprint density at radius 2 is 2.46 bits per heavy atom. The van der Waals surface area contributed by atoms with Crippen molar-refractivity contribution in [3.05, 3.63) is 5.51 Å². The molecule has 1 heterocycles. The van der Waals surface area contributed by atoms with Gasteiger partial charge in [-0.1, -0.05) is 25.2 Å². The molecule has 0 bridgehead atoms. The predicted molar refractivity (Wildman–Crippen MR) is 51.7 cm³/mol. The molecule has 13 heavy (non-hydrogen) atoms. The summed E-state index contributed by atoms with van der Waals surface area (Å²) in [7, 11) is 0. The van der Waals surface area contributed by atoms with Crippen molar-refractivity contribution in [1.82, 2.24) is 15.5 Å². The molecule has 0 saturated carbocycles. The number of rotatable bonds is 4. The first-order valence-electron chi connectivity index (χ1n) is 3.98. The highest BCUT2D eigenvalue weighted by atomic mass is 32.1. The molecule has 1 aromatic rings. The van der Waals surface area contributed by atoms with Crippen molar-refractivity contribution in [3.8, 4) is 0 Å². The summed E-state index contributed by atoms with van der Waals surface area (Å²) in [6.45, 7) is 4.27. The van der Waals surface area contributed by atoms with Crippen LogP contribution in [0.2, 0.25) is 0 Å². The van der Waals surface area contributed by atoms with E-state index in [2.05, 4.69) is 20.8 Å². The van der Waals surface area contributed by atoms with Crippen LogP contribution in [0.3, 0.4) is 0 Å². The van der Waals surface area contributed by atoms with Crippen molar-refractivity contribution in [1.29, 1.82) is 0 Å². The molecule has 5 nitrogen and oxygen atoms in total. The highest BCUT2D eigenvalue weighted by Crippen LogP contribution is 2.06. The van der Waals surface area contributed by atoms with Crippen LogP contribution in [0.15, 0.2) is 5.51 Å². The molecule has 1 rings (SSSR count). The Kier molecular flexibility index (Phi) is 3.78. The van der Waals surface area contributed by atoms with Crippen LogP contribution >= 0.6 is 11.3 Å². The Balaban J connectivity index is 2.26. The van der Waals surface area contributed by atoms with E-state index >= 15 is 0 Å². The molecular formula is C7H12N4OS. The first-order valence-corrected chi connectivity index (χ1v) is 4.86. The molecule has 0 radical (unpaired) electrons. The fraction of sp³-hybridized carbons (Fsp3) is 0.571. The number of carbonyl (C=O) groups is 1. The first-order chi connectivity index (χ1) is 6.18. The zero-order chi connectivity index (χ0) is 9.68. The second-order valence-electron chi connectivity index (χ2n) is 2.83. The SMILES string of the molecule is CC(C)NCC(=O)Nc1nncs1. The lowest BCUT2D eigenvalue weighted by atomic mass is 10.4. The third-order valence-electron chi connectivity index (χ3n) is 1.28. The molecule has 1 amide bonds. The molecular weight excluding hydrogens is 188 g/mol. The lowest BCUT2D eigenvalue weighted by molar-refractivity contribution is -0.115. The Morgan fingerprint density at radius 3 is 3.00 bits per heavy atom. The second kappa shape index (κ2) is 4.88. The average molecular weight is 200 g/mol.